The lowest BCUT2D eigenvalue weighted by atomic mass is 10.1. The molecule has 5 heteroatoms. The van der Waals surface area contributed by atoms with Crippen molar-refractivity contribution < 1.29 is 18.7 Å². The third kappa shape index (κ3) is 2.01. The molecule has 1 aromatic carbocycles. The van der Waals surface area contributed by atoms with Gasteiger partial charge in [-0.2, -0.15) is 0 Å². The highest BCUT2D eigenvalue weighted by Crippen LogP contribution is 2.27. The van der Waals surface area contributed by atoms with Crippen LogP contribution >= 0.6 is 0 Å². The molecular formula is C10H12FNO3. The SMILES string of the molecule is CNc1ccc(OC)c(F)c1C(=O)OC. The number of carbonyl (C=O) groups excluding carboxylic acids is 1. The normalized spacial score (nSPS) is 9.60. The minimum atomic E-state index is -0.740. The lowest BCUT2D eigenvalue weighted by Crippen LogP contribution is -2.09. The smallest absolute Gasteiger partial charge is 0.343 e. The molecule has 0 aliphatic carbocycles. The number of hydrogen-bond donors (Lipinski definition) is 1. The van der Waals surface area contributed by atoms with E-state index in [1.807, 2.05) is 0 Å². The van der Waals surface area contributed by atoms with Gasteiger partial charge < -0.3 is 14.8 Å². The van der Waals surface area contributed by atoms with Gasteiger partial charge in [0, 0.05) is 7.05 Å². The lowest BCUT2D eigenvalue weighted by molar-refractivity contribution is 0.0596. The van der Waals surface area contributed by atoms with Crippen molar-refractivity contribution in [1.29, 1.82) is 0 Å². The molecule has 0 bridgehead atoms. The van der Waals surface area contributed by atoms with Crippen molar-refractivity contribution in [2.45, 2.75) is 0 Å². The largest absolute Gasteiger partial charge is 0.494 e. The van der Waals surface area contributed by atoms with E-state index in [4.69, 9.17) is 4.74 Å². The van der Waals surface area contributed by atoms with E-state index >= 15 is 0 Å². The number of ether oxygens (including phenoxy) is 2. The van der Waals surface area contributed by atoms with E-state index in [-0.39, 0.29) is 11.3 Å². The average Bonchev–Trinajstić information content (AvgIpc) is 2.27. The zero-order valence-corrected chi connectivity index (χ0v) is 8.76. The summed E-state index contributed by atoms with van der Waals surface area (Å²) in [5.41, 5.74) is 0.208. The van der Waals surface area contributed by atoms with Crippen LogP contribution in [0.2, 0.25) is 0 Å². The summed E-state index contributed by atoms with van der Waals surface area (Å²) in [6, 6.07) is 2.99. The quantitative estimate of drug-likeness (QED) is 0.776. The number of hydrogen-bond acceptors (Lipinski definition) is 4. The summed E-state index contributed by atoms with van der Waals surface area (Å²) < 4.78 is 22.9. The van der Waals surface area contributed by atoms with Gasteiger partial charge in [0.1, 0.15) is 5.56 Å². The first-order chi connectivity index (χ1) is 7.15. The molecule has 0 saturated carbocycles. The van der Waals surface area contributed by atoms with E-state index in [1.165, 1.54) is 20.3 Å². The summed E-state index contributed by atoms with van der Waals surface area (Å²) in [4.78, 5) is 11.3. The highest BCUT2D eigenvalue weighted by molar-refractivity contribution is 5.96. The van der Waals surface area contributed by atoms with Crippen LogP contribution in [0.15, 0.2) is 12.1 Å². The number of carbonyl (C=O) groups is 1. The summed E-state index contributed by atoms with van der Waals surface area (Å²) in [6.07, 6.45) is 0. The number of benzene rings is 1. The van der Waals surface area contributed by atoms with Crippen LogP contribution in [0.4, 0.5) is 10.1 Å². The predicted molar refractivity (Wildman–Crippen MR) is 53.8 cm³/mol. The molecule has 0 fully saturated rings. The Bertz CT molecular complexity index is 379. The van der Waals surface area contributed by atoms with Gasteiger partial charge in [-0.1, -0.05) is 0 Å². The maximum Gasteiger partial charge on any atom is 0.343 e. The van der Waals surface area contributed by atoms with Crippen LogP contribution in [0.5, 0.6) is 5.75 Å². The molecule has 1 rings (SSSR count). The molecule has 1 N–H and O–H groups in total. The zero-order chi connectivity index (χ0) is 11.4. The van der Waals surface area contributed by atoms with Crippen molar-refractivity contribution in [2.75, 3.05) is 26.6 Å². The van der Waals surface area contributed by atoms with Gasteiger partial charge in [-0.05, 0) is 12.1 Å². The number of nitrogens with one attached hydrogen (secondary N) is 1. The summed E-state index contributed by atoms with van der Waals surface area (Å²) in [7, 11) is 4.12. The van der Waals surface area contributed by atoms with Crippen molar-refractivity contribution in [3.8, 4) is 5.75 Å². The Labute approximate surface area is 87.0 Å². The Morgan fingerprint density at radius 2 is 2.07 bits per heavy atom. The third-order valence-corrected chi connectivity index (χ3v) is 1.99. The molecule has 0 aliphatic rings. The van der Waals surface area contributed by atoms with Gasteiger partial charge in [0.05, 0.1) is 19.9 Å². The van der Waals surface area contributed by atoms with Crippen LogP contribution in [-0.2, 0) is 4.74 Å². The average molecular weight is 213 g/mol. The minimum Gasteiger partial charge on any atom is -0.494 e. The fourth-order valence-electron chi connectivity index (χ4n) is 1.22. The molecule has 0 aromatic heterocycles. The molecule has 0 radical (unpaired) electrons. The summed E-state index contributed by atoms with van der Waals surface area (Å²) >= 11 is 0. The van der Waals surface area contributed by atoms with Gasteiger partial charge in [-0.25, -0.2) is 9.18 Å². The molecule has 15 heavy (non-hydrogen) atoms. The van der Waals surface area contributed by atoms with E-state index in [9.17, 15) is 9.18 Å². The van der Waals surface area contributed by atoms with E-state index in [0.717, 1.165) is 0 Å². The van der Waals surface area contributed by atoms with Crippen LogP contribution in [0.3, 0.4) is 0 Å². The lowest BCUT2D eigenvalue weighted by Gasteiger charge is -2.10. The van der Waals surface area contributed by atoms with Crippen molar-refractivity contribution in [2.24, 2.45) is 0 Å². The van der Waals surface area contributed by atoms with Gasteiger partial charge in [0.2, 0.25) is 0 Å². The monoisotopic (exact) mass is 213 g/mol. The Hall–Kier alpha value is -1.78. The Morgan fingerprint density at radius 3 is 2.53 bits per heavy atom. The fraction of sp³-hybridized carbons (Fsp3) is 0.300. The maximum absolute atomic E-state index is 13.7. The van der Waals surface area contributed by atoms with E-state index in [0.29, 0.717) is 5.69 Å². The maximum atomic E-state index is 13.7. The first-order valence-corrected chi connectivity index (χ1v) is 4.28. The van der Waals surface area contributed by atoms with Crippen molar-refractivity contribution >= 4 is 11.7 Å². The Kier molecular flexibility index (Phi) is 3.49. The number of anilines is 1. The van der Waals surface area contributed by atoms with Gasteiger partial charge in [0.25, 0.3) is 0 Å². The highest BCUT2D eigenvalue weighted by Gasteiger charge is 2.20. The molecule has 0 amide bonds. The zero-order valence-electron chi connectivity index (χ0n) is 8.76. The summed E-state index contributed by atoms with van der Waals surface area (Å²) in [5.74, 6) is -1.46. The Morgan fingerprint density at radius 1 is 1.40 bits per heavy atom. The van der Waals surface area contributed by atoms with Gasteiger partial charge in [0.15, 0.2) is 11.6 Å². The molecule has 0 spiro atoms. The second-order valence-electron chi connectivity index (χ2n) is 2.75. The third-order valence-electron chi connectivity index (χ3n) is 1.99. The fourth-order valence-corrected chi connectivity index (χ4v) is 1.22. The number of methoxy groups -OCH3 is 2. The molecule has 0 atom stereocenters. The number of halogens is 1. The van der Waals surface area contributed by atoms with Crippen LogP contribution in [0.25, 0.3) is 0 Å². The predicted octanol–water partition coefficient (Wildman–Crippen LogP) is 1.66. The molecule has 0 unspecified atom stereocenters. The van der Waals surface area contributed by atoms with Gasteiger partial charge in [-0.15, -0.1) is 0 Å². The topological polar surface area (TPSA) is 47.6 Å². The molecule has 0 heterocycles. The van der Waals surface area contributed by atoms with Crippen LogP contribution in [0, 0.1) is 5.82 Å². The number of esters is 1. The molecular weight excluding hydrogens is 201 g/mol. The number of rotatable bonds is 3. The molecule has 4 nitrogen and oxygen atoms in total. The first kappa shape index (κ1) is 11.3. The van der Waals surface area contributed by atoms with Crippen molar-refractivity contribution in [1.82, 2.24) is 0 Å². The van der Waals surface area contributed by atoms with Crippen LogP contribution in [-0.4, -0.2) is 27.2 Å². The second kappa shape index (κ2) is 4.63. The van der Waals surface area contributed by atoms with Gasteiger partial charge in [-0.3, -0.25) is 0 Å². The van der Waals surface area contributed by atoms with E-state index in [2.05, 4.69) is 10.1 Å². The van der Waals surface area contributed by atoms with Crippen molar-refractivity contribution in [3.05, 3.63) is 23.5 Å². The summed E-state index contributed by atoms with van der Waals surface area (Å²) in [6.45, 7) is 0. The van der Waals surface area contributed by atoms with E-state index in [1.54, 1.807) is 13.1 Å². The van der Waals surface area contributed by atoms with E-state index < -0.39 is 11.8 Å². The Balaban J connectivity index is 3.35. The van der Waals surface area contributed by atoms with Crippen molar-refractivity contribution in [3.63, 3.8) is 0 Å². The molecule has 1 aromatic rings. The molecule has 0 aliphatic heterocycles. The first-order valence-electron chi connectivity index (χ1n) is 4.28. The van der Waals surface area contributed by atoms with Gasteiger partial charge >= 0.3 is 5.97 Å². The molecule has 0 saturated heterocycles. The molecule has 82 valence electrons. The summed E-state index contributed by atoms with van der Waals surface area (Å²) in [5, 5.41) is 2.71. The minimum absolute atomic E-state index is 0.00870. The highest BCUT2D eigenvalue weighted by atomic mass is 19.1. The standard InChI is InChI=1S/C10H12FNO3/c1-12-6-4-5-7(14-2)9(11)8(6)10(13)15-3/h4-5,12H,1-3H3. The van der Waals surface area contributed by atoms with Crippen LogP contribution < -0.4 is 10.1 Å². The second-order valence-corrected chi connectivity index (χ2v) is 2.75. The van der Waals surface area contributed by atoms with Crippen LogP contribution in [0.1, 0.15) is 10.4 Å².